The number of rotatable bonds is 8. The number of nitrogens with zero attached hydrogens (tertiary/aromatic N) is 1. The van der Waals surface area contributed by atoms with Crippen molar-refractivity contribution in [2.24, 2.45) is 0 Å². The maximum Gasteiger partial charge on any atom is 0.341 e. The quantitative estimate of drug-likeness (QED) is 0.129. The van der Waals surface area contributed by atoms with E-state index in [1.807, 2.05) is 66.1 Å². The van der Waals surface area contributed by atoms with Crippen LogP contribution in [0.2, 0.25) is 0 Å². The first-order valence-corrected chi connectivity index (χ1v) is 13.3. The van der Waals surface area contributed by atoms with Gasteiger partial charge in [0, 0.05) is 22.7 Å². The Morgan fingerprint density at radius 1 is 0.944 bits per heavy atom. The van der Waals surface area contributed by atoms with Crippen molar-refractivity contribution in [1.29, 1.82) is 0 Å². The minimum absolute atomic E-state index is 0.000378. The van der Waals surface area contributed by atoms with E-state index in [1.54, 1.807) is 31.2 Å². The highest BCUT2D eigenvalue weighted by Gasteiger charge is 2.30. The number of ether oxygens (including phenoxy) is 1. The van der Waals surface area contributed by atoms with E-state index in [1.165, 1.54) is 23.1 Å². The number of esters is 1. The van der Waals surface area contributed by atoms with E-state index < -0.39 is 5.97 Å². The Labute approximate surface area is 216 Å². The highest BCUT2D eigenvalue weighted by atomic mass is 32.2. The molecule has 0 atom stereocenters. The molecule has 0 spiro atoms. The second-order valence-corrected chi connectivity index (χ2v) is 10.5. The number of benzene rings is 2. The molecule has 0 radical (unpaired) electrons. The van der Waals surface area contributed by atoms with Gasteiger partial charge in [0.25, 0.3) is 0 Å². The molecule has 0 saturated heterocycles. The molecule has 5 nitrogen and oxygen atoms in total. The summed E-state index contributed by atoms with van der Waals surface area (Å²) in [5, 5.41) is 0.576. The molecule has 36 heavy (non-hydrogen) atoms. The number of aryl methyl sites for hydroxylation is 1. The second-order valence-electron chi connectivity index (χ2n) is 8.27. The first-order valence-electron chi connectivity index (χ1n) is 11.5. The maximum absolute atomic E-state index is 13.7. The lowest BCUT2D eigenvalue weighted by Crippen LogP contribution is -2.06. The highest BCUT2D eigenvalue weighted by Crippen LogP contribution is 2.44. The lowest BCUT2D eigenvalue weighted by atomic mass is 10.1. The minimum Gasteiger partial charge on any atom is -0.462 e. The van der Waals surface area contributed by atoms with Gasteiger partial charge in [-0.1, -0.05) is 60.7 Å². The Hall–Kier alpha value is -3.68. The van der Waals surface area contributed by atoms with Gasteiger partial charge in [-0.2, -0.15) is 0 Å². The van der Waals surface area contributed by atoms with E-state index in [2.05, 4.69) is 0 Å². The average Bonchev–Trinajstić information content (AvgIpc) is 3.43. The van der Waals surface area contributed by atoms with Crippen LogP contribution in [0.1, 0.15) is 48.4 Å². The molecule has 0 unspecified atom stereocenters. The summed E-state index contributed by atoms with van der Waals surface area (Å²) < 4.78 is 8.17. The number of thiophene rings is 1. The number of aromatic nitrogens is 1. The van der Waals surface area contributed by atoms with Crippen molar-refractivity contribution < 1.29 is 19.1 Å². The smallest absolute Gasteiger partial charge is 0.341 e. The molecule has 5 rings (SSSR count). The summed E-state index contributed by atoms with van der Waals surface area (Å²) in [5.74, 6) is -0.412. The Morgan fingerprint density at radius 3 is 2.28 bits per heavy atom. The third kappa shape index (κ3) is 4.36. The summed E-state index contributed by atoms with van der Waals surface area (Å²) in [6.07, 6.45) is 1.91. The predicted octanol–water partition coefficient (Wildman–Crippen LogP) is 6.85. The van der Waals surface area contributed by atoms with Crippen LogP contribution in [0.4, 0.5) is 0 Å². The summed E-state index contributed by atoms with van der Waals surface area (Å²) in [6, 6.07) is 22.1. The number of hydrogen-bond donors (Lipinski definition) is 0. The largest absolute Gasteiger partial charge is 0.462 e. The molecular weight excluding hydrogens is 490 g/mol. The Balaban J connectivity index is 1.71. The van der Waals surface area contributed by atoms with Crippen LogP contribution in [0.15, 0.2) is 83.2 Å². The van der Waals surface area contributed by atoms with Crippen LogP contribution < -0.4 is 0 Å². The molecule has 0 aliphatic heterocycles. The highest BCUT2D eigenvalue weighted by molar-refractivity contribution is 8.02. The molecule has 0 amide bonds. The monoisotopic (exact) mass is 513 g/mol. The standard InChI is InChI=1S/C29H23NO4S2/c1-3-34-28(33)23-21-16-18(2)14-15-30(21)25-24(23)27(26(32)20-12-8-5-9-13-20)36-29(25)35-17-22(31)19-10-6-4-7-11-19/h4-16H,3,17H2,1-2H3. The number of fused-ring (bicyclic) bond motifs is 3. The van der Waals surface area contributed by atoms with Gasteiger partial charge in [0.15, 0.2) is 5.78 Å². The number of ketones is 2. The zero-order valence-corrected chi connectivity index (χ0v) is 21.4. The minimum atomic E-state index is -0.465. The number of Topliss-reactive ketones (excluding diaryl/α,β-unsaturated/α-hetero) is 1. The van der Waals surface area contributed by atoms with E-state index in [9.17, 15) is 14.4 Å². The van der Waals surface area contributed by atoms with Gasteiger partial charge < -0.3 is 9.14 Å². The predicted molar refractivity (Wildman–Crippen MR) is 145 cm³/mol. The normalized spacial score (nSPS) is 11.2. The van der Waals surface area contributed by atoms with Crippen LogP contribution in [0.5, 0.6) is 0 Å². The van der Waals surface area contributed by atoms with Crippen molar-refractivity contribution >= 4 is 57.1 Å². The van der Waals surface area contributed by atoms with Gasteiger partial charge >= 0.3 is 5.97 Å². The first-order chi connectivity index (χ1) is 17.5. The molecule has 7 heteroatoms. The van der Waals surface area contributed by atoms with E-state index in [-0.39, 0.29) is 23.9 Å². The molecule has 2 aromatic carbocycles. The molecule has 0 fully saturated rings. The fourth-order valence-electron chi connectivity index (χ4n) is 4.20. The number of hydrogen-bond acceptors (Lipinski definition) is 6. The fraction of sp³-hybridized carbons (Fsp3) is 0.138. The zero-order chi connectivity index (χ0) is 25.2. The van der Waals surface area contributed by atoms with Crippen molar-refractivity contribution in [2.75, 3.05) is 12.4 Å². The molecule has 3 heterocycles. The second kappa shape index (κ2) is 10.1. The Kier molecular flexibility index (Phi) is 6.76. The lowest BCUT2D eigenvalue weighted by molar-refractivity contribution is 0.0530. The van der Waals surface area contributed by atoms with Gasteiger partial charge in [0.05, 0.1) is 38.0 Å². The Bertz CT molecular complexity index is 1600. The lowest BCUT2D eigenvalue weighted by Gasteiger charge is -2.05. The van der Waals surface area contributed by atoms with Crippen molar-refractivity contribution in [2.45, 2.75) is 18.1 Å². The molecular formula is C29H23NO4S2. The van der Waals surface area contributed by atoms with Crippen molar-refractivity contribution in [1.82, 2.24) is 4.40 Å². The molecule has 0 aliphatic rings. The van der Waals surface area contributed by atoms with Gasteiger partial charge in [-0.3, -0.25) is 9.59 Å². The number of carbonyl (C=O) groups is 3. The van der Waals surface area contributed by atoms with E-state index in [0.717, 1.165) is 15.3 Å². The van der Waals surface area contributed by atoms with E-state index in [4.69, 9.17) is 4.74 Å². The third-order valence-corrected chi connectivity index (χ3v) is 8.30. The van der Waals surface area contributed by atoms with Crippen LogP contribution >= 0.6 is 23.1 Å². The topological polar surface area (TPSA) is 64.9 Å². The van der Waals surface area contributed by atoms with Crippen LogP contribution in [-0.4, -0.2) is 34.3 Å². The molecule has 0 bridgehead atoms. The molecule has 5 aromatic rings. The Morgan fingerprint density at radius 2 is 1.61 bits per heavy atom. The first kappa shape index (κ1) is 24.0. The molecule has 0 N–H and O–H groups in total. The molecule has 180 valence electrons. The van der Waals surface area contributed by atoms with Crippen molar-refractivity contribution in [3.05, 3.63) is 106 Å². The zero-order valence-electron chi connectivity index (χ0n) is 19.8. The number of thioether (sulfide) groups is 1. The van der Waals surface area contributed by atoms with Gasteiger partial charge in [-0.25, -0.2) is 4.79 Å². The summed E-state index contributed by atoms with van der Waals surface area (Å²) in [7, 11) is 0. The van der Waals surface area contributed by atoms with Gasteiger partial charge in [-0.15, -0.1) is 23.1 Å². The van der Waals surface area contributed by atoms with Crippen LogP contribution in [0, 0.1) is 6.92 Å². The van der Waals surface area contributed by atoms with Crippen LogP contribution in [0.3, 0.4) is 0 Å². The van der Waals surface area contributed by atoms with Crippen LogP contribution in [0.25, 0.3) is 16.4 Å². The van der Waals surface area contributed by atoms with Crippen molar-refractivity contribution in [3.8, 4) is 0 Å². The maximum atomic E-state index is 13.7. The molecule has 3 aromatic heterocycles. The molecule has 0 saturated carbocycles. The summed E-state index contributed by atoms with van der Waals surface area (Å²) in [6.45, 7) is 3.95. The summed E-state index contributed by atoms with van der Waals surface area (Å²) in [4.78, 5) is 40.2. The number of carbonyl (C=O) groups excluding carboxylic acids is 3. The molecule has 0 aliphatic carbocycles. The summed E-state index contributed by atoms with van der Waals surface area (Å²) in [5.41, 5.74) is 3.99. The van der Waals surface area contributed by atoms with Gasteiger partial charge in [-0.05, 0) is 31.5 Å². The van der Waals surface area contributed by atoms with Gasteiger partial charge in [0.1, 0.15) is 0 Å². The van der Waals surface area contributed by atoms with Gasteiger partial charge in [0.2, 0.25) is 5.78 Å². The third-order valence-electron chi connectivity index (χ3n) is 5.86. The van der Waals surface area contributed by atoms with Crippen LogP contribution in [-0.2, 0) is 4.74 Å². The summed E-state index contributed by atoms with van der Waals surface area (Å²) >= 11 is 2.71. The van der Waals surface area contributed by atoms with E-state index in [0.29, 0.717) is 32.5 Å². The van der Waals surface area contributed by atoms with Crippen molar-refractivity contribution in [3.63, 3.8) is 0 Å². The number of pyridine rings is 1. The average molecular weight is 514 g/mol. The fourth-order valence-corrected chi connectivity index (χ4v) is 6.62. The van der Waals surface area contributed by atoms with E-state index >= 15 is 0 Å². The SMILES string of the molecule is CCOC(=O)c1c2c(C(=O)c3ccccc3)sc(SCC(=O)c3ccccc3)c2n2ccc(C)cc12.